The molecule has 2 aromatic carbocycles. The van der Waals surface area contributed by atoms with Crippen molar-refractivity contribution in [2.75, 3.05) is 0 Å². The van der Waals surface area contributed by atoms with E-state index in [1.807, 2.05) is 12.1 Å². The van der Waals surface area contributed by atoms with Crippen molar-refractivity contribution in [2.45, 2.75) is 37.8 Å². The summed E-state index contributed by atoms with van der Waals surface area (Å²) in [6, 6.07) is 12.2. The average molecular weight is 397 g/mol. The first-order chi connectivity index (χ1) is 11.3. The van der Waals surface area contributed by atoms with Gasteiger partial charge >= 0.3 is 6.18 Å². The zero-order chi connectivity index (χ0) is 17.3. The number of alkyl halides is 3. The van der Waals surface area contributed by atoms with E-state index in [0.29, 0.717) is 36.0 Å². The van der Waals surface area contributed by atoms with Crippen LogP contribution in [0.3, 0.4) is 0 Å². The molecule has 1 aliphatic carbocycles. The highest BCUT2D eigenvalue weighted by Gasteiger charge is 2.36. The van der Waals surface area contributed by atoms with E-state index in [9.17, 15) is 18.0 Å². The van der Waals surface area contributed by atoms with Crippen LogP contribution in [-0.4, -0.2) is 12.0 Å². The zero-order valence-electron chi connectivity index (χ0n) is 12.9. The van der Waals surface area contributed by atoms with Crippen molar-refractivity contribution in [3.8, 4) is 0 Å². The molecule has 0 heterocycles. The summed E-state index contributed by atoms with van der Waals surface area (Å²) in [5.41, 5.74) is 2.43. The second kappa shape index (κ2) is 6.71. The predicted octanol–water partition coefficient (Wildman–Crippen LogP) is 6.05. The number of hydrogen-bond acceptors (Lipinski definition) is 1. The molecule has 0 aromatic heterocycles. The lowest BCUT2D eigenvalue weighted by molar-refractivity contribution is -0.136. The Hall–Kier alpha value is -1.62. The minimum Gasteiger partial charge on any atom is -0.294 e. The Bertz CT molecular complexity index is 767. The molecular weight excluding hydrogens is 381 g/mol. The van der Waals surface area contributed by atoms with Crippen LogP contribution in [0.25, 0.3) is 0 Å². The van der Waals surface area contributed by atoms with E-state index < -0.39 is 18.5 Å². The summed E-state index contributed by atoms with van der Waals surface area (Å²) in [6.45, 7) is 0. The van der Waals surface area contributed by atoms with E-state index in [0.717, 1.165) is 10.0 Å². The second-order valence-corrected chi connectivity index (χ2v) is 6.99. The number of rotatable bonds is 1. The van der Waals surface area contributed by atoms with Gasteiger partial charge in [0.2, 0.25) is 0 Å². The lowest BCUT2D eigenvalue weighted by atomic mass is 9.82. The van der Waals surface area contributed by atoms with Crippen molar-refractivity contribution in [3.05, 3.63) is 69.2 Å². The molecule has 0 fully saturated rings. The molecule has 0 radical (unpaired) electrons. The van der Waals surface area contributed by atoms with Crippen LogP contribution in [-0.2, 0) is 6.42 Å². The maximum Gasteiger partial charge on any atom is 0.390 e. The first-order valence-electron chi connectivity index (χ1n) is 7.82. The number of Topliss-reactive ketones (excluding diaryl/α,β-unsaturated/α-hetero) is 1. The van der Waals surface area contributed by atoms with Crippen LogP contribution in [0.2, 0.25) is 0 Å². The molecule has 0 saturated heterocycles. The number of fused-ring (bicyclic) bond motifs is 2. The number of carbonyl (C=O) groups excluding carboxylic acids is 1. The van der Waals surface area contributed by atoms with Gasteiger partial charge in [0.05, 0.1) is 6.42 Å². The summed E-state index contributed by atoms with van der Waals surface area (Å²) in [6.07, 6.45) is -3.68. The first-order valence-corrected chi connectivity index (χ1v) is 8.61. The molecule has 126 valence electrons. The van der Waals surface area contributed by atoms with Gasteiger partial charge in [0.25, 0.3) is 0 Å². The van der Waals surface area contributed by atoms with Gasteiger partial charge in [-0.1, -0.05) is 46.3 Å². The quantitative estimate of drug-likeness (QED) is 0.572. The molecule has 0 amide bonds. The van der Waals surface area contributed by atoms with Gasteiger partial charge < -0.3 is 0 Å². The Morgan fingerprint density at radius 2 is 1.79 bits per heavy atom. The minimum absolute atomic E-state index is 0.0790. The molecule has 1 aliphatic rings. The minimum atomic E-state index is -4.31. The number of hydrogen-bond donors (Lipinski definition) is 0. The topological polar surface area (TPSA) is 17.1 Å². The van der Waals surface area contributed by atoms with Crippen molar-refractivity contribution < 1.29 is 18.0 Å². The van der Waals surface area contributed by atoms with Crippen molar-refractivity contribution in [1.82, 2.24) is 0 Å². The molecule has 1 nitrogen and oxygen atoms in total. The maximum atomic E-state index is 13.3. The van der Waals surface area contributed by atoms with Gasteiger partial charge in [-0.25, -0.2) is 0 Å². The third-order valence-corrected chi connectivity index (χ3v) is 4.90. The summed E-state index contributed by atoms with van der Waals surface area (Å²) in [5.74, 6) is -0.944. The van der Waals surface area contributed by atoms with Crippen molar-refractivity contribution in [2.24, 2.45) is 0 Å². The average Bonchev–Trinajstić information content (AvgIpc) is 2.57. The third kappa shape index (κ3) is 3.72. The second-order valence-electron chi connectivity index (χ2n) is 6.08. The summed E-state index contributed by atoms with van der Waals surface area (Å²) < 4.78 is 40.5. The molecule has 0 bridgehead atoms. The highest BCUT2D eigenvalue weighted by molar-refractivity contribution is 9.10. The highest BCUT2D eigenvalue weighted by atomic mass is 79.9. The number of halogens is 4. The Kier molecular flexibility index (Phi) is 4.81. The normalized spacial score (nSPS) is 18.2. The van der Waals surface area contributed by atoms with Crippen LogP contribution >= 0.6 is 15.9 Å². The molecule has 2 aromatic rings. The van der Waals surface area contributed by atoms with E-state index in [2.05, 4.69) is 15.9 Å². The fourth-order valence-corrected chi connectivity index (χ4v) is 3.74. The molecular formula is C19H16BrF3O. The fourth-order valence-electron chi connectivity index (χ4n) is 3.37. The molecule has 1 unspecified atom stereocenters. The number of aryl methyl sites for hydroxylation is 1. The molecule has 0 saturated carbocycles. The summed E-state index contributed by atoms with van der Waals surface area (Å²) in [5, 5.41) is 0. The van der Waals surface area contributed by atoms with Crippen molar-refractivity contribution in [1.29, 1.82) is 0 Å². The van der Waals surface area contributed by atoms with E-state index in [1.54, 1.807) is 30.3 Å². The smallest absolute Gasteiger partial charge is 0.294 e. The highest BCUT2D eigenvalue weighted by Crippen LogP contribution is 2.41. The van der Waals surface area contributed by atoms with Gasteiger partial charge in [0.1, 0.15) is 0 Å². The van der Waals surface area contributed by atoms with Gasteiger partial charge in [-0.3, -0.25) is 4.79 Å². The zero-order valence-corrected chi connectivity index (χ0v) is 14.5. The number of benzene rings is 2. The lowest BCUT2D eigenvalue weighted by Crippen LogP contribution is -2.18. The molecule has 0 spiro atoms. The molecule has 24 heavy (non-hydrogen) atoms. The molecule has 0 aliphatic heterocycles. The fraction of sp³-hybridized carbons (Fsp3) is 0.316. The number of ketones is 1. The van der Waals surface area contributed by atoms with E-state index in [1.165, 1.54) is 0 Å². The summed E-state index contributed by atoms with van der Waals surface area (Å²) in [4.78, 5) is 12.4. The Morgan fingerprint density at radius 1 is 1.04 bits per heavy atom. The number of carbonyl (C=O) groups is 1. The van der Waals surface area contributed by atoms with Crippen LogP contribution in [0.1, 0.15) is 52.2 Å². The van der Waals surface area contributed by atoms with Crippen LogP contribution < -0.4 is 0 Å². The molecule has 1 atom stereocenters. The van der Waals surface area contributed by atoms with Crippen LogP contribution in [0, 0.1) is 0 Å². The van der Waals surface area contributed by atoms with E-state index in [-0.39, 0.29) is 5.78 Å². The summed E-state index contributed by atoms with van der Waals surface area (Å²) >= 11 is 3.37. The monoisotopic (exact) mass is 396 g/mol. The molecule has 5 heteroatoms. The van der Waals surface area contributed by atoms with Crippen LogP contribution in [0.4, 0.5) is 13.2 Å². The van der Waals surface area contributed by atoms with Gasteiger partial charge in [-0.2, -0.15) is 13.2 Å². The van der Waals surface area contributed by atoms with Gasteiger partial charge in [-0.05, 0) is 41.7 Å². The van der Waals surface area contributed by atoms with Crippen molar-refractivity contribution in [3.63, 3.8) is 0 Å². The Labute approximate surface area is 147 Å². The van der Waals surface area contributed by atoms with E-state index in [4.69, 9.17) is 0 Å². The Balaban J connectivity index is 2.23. The van der Waals surface area contributed by atoms with Gasteiger partial charge in [0.15, 0.2) is 5.78 Å². The van der Waals surface area contributed by atoms with Gasteiger partial charge in [-0.15, -0.1) is 0 Å². The van der Waals surface area contributed by atoms with E-state index >= 15 is 0 Å². The largest absolute Gasteiger partial charge is 0.390 e. The third-order valence-electron chi connectivity index (χ3n) is 4.41. The standard InChI is InChI=1S/C19H16BrF3O/c20-13-9-8-12-4-3-7-18(24)15-6-2-1-5-14(15)17(16(12)10-13)11-19(21,22)23/h1-2,5-6,8-10,17H,3-4,7,11H2. The molecule has 0 N–H and O–H groups in total. The SMILES string of the molecule is O=C1CCCc2ccc(Br)cc2C(CC(F)(F)F)c2ccccc21. The van der Waals surface area contributed by atoms with Crippen LogP contribution in [0.5, 0.6) is 0 Å². The van der Waals surface area contributed by atoms with Crippen molar-refractivity contribution >= 4 is 21.7 Å². The van der Waals surface area contributed by atoms with Gasteiger partial charge in [0, 0.05) is 22.4 Å². The maximum absolute atomic E-state index is 13.3. The predicted molar refractivity (Wildman–Crippen MR) is 90.4 cm³/mol. The lowest BCUT2D eigenvalue weighted by Gasteiger charge is -2.24. The summed E-state index contributed by atoms with van der Waals surface area (Å²) in [7, 11) is 0. The Morgan fingerprint density at radius 3 is 2.54 bits per heavy atom. The molecule has 3 rings (SSSR count). The first kappa shape index (κ1) is 17.2. The van der Waals surface area contributed by atoms with Crippen LogP contribution in [0.15, 0.2) is 46.9 Å².